The first-order chi connectivity index (χ1) is 15.3. The number of carbonyl (C=O) groups excluding carboxylic acids is 1. The Balaban J connectivity index is 0.00000385. The monoisotopic (exact) mass is 468 g/mol. The number of piperidine rings is 1. The van der Waals surface area contributed by atoms with Crippen molar-refractivity contribution in [3.8, 4) is 23.0 Å². The third-order valence-electron chi connectivity index (χ3n) is 5.22. The van der Waals surface area contributed by atoms with E-state index in [1.165, 1.54) is 36.1 Å². The lowest BCUT2D eigenvalue weighted by Gasteiger charge is -2.32. The van der Waals surface area contributed by atoms with Crippen LogP contribution in [0.1, 0.15) is 24.6 Å². The van der Waals surface area contributed by atoms with Crippen LogP contribution in [-0.4, -0.2) is 64.4 Å². The quantitative estimate of drug-likeness (QED) is 0.447. The van der Waals surface area contributed by atoms with E-state index in [1.54, 1.807) is 31.4 Å². The lowest BCUT2D eigenvalue weighted by Crippen LogP contribution is -2.42. The number of hydrogen-bond donors (Lipinski definition) is 2. The molecule has 0 aromatic heterocycles. The Morgan fingerprint density at radius 2 is 1.62 bits per heavy atom. The van der Waals surface area contributed by atoms with E-state index in [9.17, 15) is 13.2 Å². The number of carbonyl (C=O) groups is 1. The van der Waals surface area contributed by atoms with Gasteiger partial charge >= 0.3 is 0 Å². The second-order valence-electron chi connectivity index (χ2n) is 7.01. The first-order valence-corrected chi connectivity index (χ1v) is 11.3. The lowest BCUT2D eigenvalue weighted by molar-refractivity contribution is 0.0698. The van der Waals surface area contributed by atoms with Gasteiger partial charge < -0.3 is 18.9 Å². The summed E-state index contributed by atoms with van der Waals surface area (Å²) in [7, 11) is 0.170. The fourth-order valence-electron chi connectivity index (χ4n) is 3.57. The number of benzene rings is 2. The number of ether oxygens (including phenoxy) is 4. The Labute approximate surface area is 188 Å². The molecule has 2 N–H and O–H groups in total. The summed E-state index contributed by atoms with van der Waals surface area (Å²) in [5, 5.41) is 9.15. The summed E-state index contributed by atoms with van der Waals surface area (Å²) in [5.74, 6) is 0.455. The van der Waals surface area contributed by atoms with Gasteiger partial charge in [0, 0.05) is 14.5 Å². The second-order valence-corrected chi connectivity index (χ2v) is 8.92. The minimum atomic E-state index is -4.06. The molecule has 0 unspecified atom stereocenters. The Hall–Kier alpha value is -3.02. The minimum Gasteiger partial charge on any atom is -0.497 e. The average Bonchev–Trinajstić information content (AvgIpc) is 2.83. The molecule has 1 aliphatic heterocycles. The van der Waals surface area contributed by atoms with Gasteiger partial charge in [0.25, 0.3) is 5.91 Å². The zero-order chi connectivity index (χ0) is 23.3. The van der Waals surface area contributed by atoms with Gasteiger partial charge in [-0.15, -0.1) is 0 Å². The normalized spacial score (nSPS) is 15.1. The van der Waals surface area contributed by atoms with Crippen LogP contribution in [0.2, 0.25) is 0 Å². The van der Waals surface area contributed by atoms with E-state index in [-0.39, 0.29) is 42.6 Å². The highest BCUT2D eigenvalue weighted by Crippen LogP contribution is 2.37. The van der Waals surface area contributed by atoms with Crippen LogP contribution < -0.4 is 24.4 Å². The molecule has 10 nitrogen and oxygen atoms in total. The van der Waals surface area contributed by atoms with Gasteiger partial charge in [0.2, 0.25) is 10.0 Å². The summed E-state index contributed by atoms with van der Waals surface area (Å²) in [6, 6.07) is 9.84. The molecular formula is C21H28N2O8S. The maximum atomic E-state index is 13.3. The molecule has 11 heteroatoms. The first-order valence-electron chi connectivity index (χ1n) is 9.86. The van der Waals surface area contributed by atoms with E-state index in [2.05, 4.69) is 0 Å². The van der Waals surface area contributed by atoms with E-state index in [0.29, 0.717) is 18.6 Å². The molecule has 0 bridgehead atoms. The molecule has 176 valence electrons. The molecule has 0 spiro atoms. The van der Waals surface area contributed by atoms with Crippen molar-refractivity contribution in [1.29, 1.82) is 0 Å². The Kier molecular flexibility index (Phi) is 7.44. The van der Waals surface area contributed by atoms with Crippen molar-refractivity contribution in [3.05, 3.63) is 42.0 Å². The summed E-state index contributed by atoms with van der Waals surface area (Å²) in [4.78, 5) is 12.0. The summed E-state index contributed by atoms with van der Waals surface area (Å²) < 4.78 is 49.4. The molecule has 0 aliphatic carbocycles. The summed E-state index contributed by atoms with van der Waals surface area (Å²) in [5.41, 5.74) is 1.15. The molecule has 0 saturated carbocycles. The van der Waals surface area contributed by atoms with E-state index in [4.69, 9.17) is 24.2 Å². The number of hydrogen-bond acceptors (Lipinski definition) is 8. The predicted molar refractivity (Wildman–Crippen MR) is 116 cm³/mol. The molecule has 1 saturated heterocycles. The predicted octanol–water partition coefficient (Wildman–Crippen LogP) is 2.31. The maximum absolute atomic E-state index is 13.3. The zero-order valence-electron chi connectivity index (χ0n) is 18.0. The number of hydroxylamine groups is 1. The summed E-state index contributed by atoms with van der Waals surface area (Å²) >= 11 is 0. The number of nitrogens with one attached hydrogen (secondary N) is 1. The van der Waals surface area contributed by atoms with Gasteiger partial charge in [0.15, 0.2) is 11.5 Å². The van der Waals surface area contributed by atoms with Crippen molar-refractivity contribution in [1.82, 2.24) is 9.79 Å². The van der Waals surface area contributed by atoms with Gasteiger partial charge in [0.05, 0.1) is 26.2 Å². The molecule has 1 amide bonds. The largest absolute Gasteiger partial charge is 0.497 e. The van der Waals surface area contributed by atoms with Crippen LogP contribution >= 0.6 is 0 Å². The average molecular weight is 469 g/mol. The fourth-order valence-corrected chi connectivity index (χ4v) is 5.22. The van der Waals surface area contributed by atoms with Crippen LogP contribution in [0.3, 0.4) is 0 Å². The third-order valence-corrected chi connectivity index (χ3v) is 7.16. The Bertz CT molecular complexity index is 1050. The molecule has 1 aliphatic rings. The highest BCUT2D eigenvalue weighted by molar-refractivity contribution is 7.89. The van der Waals surface area contributed by atoms with Crippen LogP contribution in [0.4, 0.5) is 0 Å². The van der Waals surface area contributed by atoms with Gasteiger partial charge in [-0.2, -0.15) is 4.31 Å². The van der Waals surface area contributed by atoms with E-state index in [0.717, 1.165) is 5.75 Å². The molecule has 0 atom stereocenters. The van der Waals surface area contributed by atoms with Gasteiger partial charge in [-0.3, -0.25) is 10.0 Å². The fraction of sp³-hybridized carbons (Fsp3) is 0.381. The minimum absolute atomic E-state index is 0. The van der Waals surface area contributed by atoms with E-state index < -0.39 is 15.9 Å². The lowest BCUT2D eigenvalue weighted by atomic mass is 10.1. The van der Waals surface area contributed by atoms with Gasteiger partial charge in [-0.05, 0) is 49.2 Å². The van der Waals surface area contributed by atoms with Crippen LogP contribution in [0.5, 0.6) is 23.0 Å². The third kappa shape index (κ3) is 4.74. The Morgan fingerprint density at radius 3 is 2.16 bits per heavy atom. The molecule has 2 aromatic carbocycles. The molecule has 0 radical (unpaired) electrons. The van der Waals surface area contributed by atoms with Crippen LogP contribution in [-0.2, 0) is 10.0 Å². The number of rotatable bonds is 8. The van der Waals surface area contributed by atoms with Gasteiger partial charge in [-0.1, -0.05) is 0 Å². The van der Waals surface area contributed by atoms with Crippen LogP contribution in [0.25, 0.3) is 0 Å². The van der Waals surface area contributed by atoms with Crippen molar-refractivity contribution < 1.29 is 38.8 Å². The number of sulfonamides is 1. The highest BCUT2D eigenvalue weighted by atomic mass is 32.2. The number of nitrogens with zero attached hydrogens (tertiary/aromatic N) is 1. The highest BCUT2D eigenvalue weighted by Gasteiger charge is 2.35. The van der Waals surface area contributed by atoms with Crippen LogP contribution in [0.15, 0.2) is 41.3 Å². The number of methoxy groups -OCH3 is 3. The molecule has 32 heavy (non-hydrogen) atoms. The van der Waals surface area contributed by atoms with Gasteiger partial charge in [-0.25, -0.2) is 13.9 Å². The Morgan fingerprint density at radius 1 is 1.00 bits per heavy atom. The van der Waals surface area contributed by atoms with Crippen LogP contribution in [0, 0.1) is 0 Å². The molecule has 2 aromatic rings. The first kappa shape index (κ1) is 23.6. The van der Waals surface area contributed by atoms with Crippen molar-refractivity contribution in [2.45, 2.75) is 23.8 Å². The van der Waals surface area contributed by atoms with Gasteiger partial charge in [0.1, 0.15) is 23.2 Å². The maximum Gasteiger partial charge on any atom is 0.279 e. The molecule has 1 fully saturated rings. The van der Waals surface area contributed by atoms with E-state index >= 15 is 0 Å². The second kappa shape index (κ2) is 10.1. The van der Waals surface area contributed by atoms with Crippen molar-refractivity contribution in [2.75, 3.05) is 34.4 Å². The zero-order valence-corrected chi connectivity index (χ0v) is 18.8. The molecular weight excluding hydrogens is 440 g/mol. The topological polar surface area (TPSA) is 124 Å². The van der Waals surface area contributed by atoms with Crippen molar-refractivity contribution in [2.24, 2.45) is 0 Å². The molecule has 3 rings (SSSR count). The van der Waals surface area contributed by atoms with Crippen molar-refractivity contribution >= 4 is 15.9 Å². The smallest absolute Gasteiger partial charge is 0.279 e. The molecule has 1 heterocycles. The SMILES string of the molecule is COc1ccc(OC2CCN(S(=O)(=O)c3ccc(OC)c(OC)c3C(=O)NO)CC2)cc1.[HH]. The number of amides is 1. The summed E-state index contributed by atoms with van der Waals surface area (Å²) in [6.07, 6.45) is 0.792. The van der Waals surface area contributed by atoms with E-state index in [1.807, 2.05) is 0 Å². The summed E-state index contributed by atoms with van der Waals surface area (Å²) in [6.45, 7) is 0.412. The standard InChI is InChI=1S/C21H26N2O8S.H2/c1-28-14-4-6-15(7-5-14)31-16-10-12-23(13-11-16)32(26,27)18-9-8-17(29-2)20(30-3)19(18)21(24)22-25;/h4-9,16,25H,10-13H2,1-3H3,(H,22,24);1H. The van der Waals surface area contributed by atoms with Crippen molar-refractivity contribution in [3.63, 3.8) is 0 Å².